The van der Waals surface area contributed by atoms with Gasteiger partial charge in [0.05, 0.1) is 11.1 Å². The summed E-state index contributed by atoms with van der Waals surface area (Å²) in [5.41, 5.74) is -0.747. The van der Waals surface area contributed by atoms with Gasteiger partial charge >= 0.3 is 11.9 Å². The van der Waals surface area contributed by atoms with Gasteiger partial charge in [-0.05, 0) is 30.2 Å². The highest BCUT2D eigenvalue weighted by atomic mass is 16.7. The van der Waals surface area contributed by atoms with E-state index in [2.05, 4.69) is 0 Å². The van der Waals surface area contributed by atoms with E-state index in [1.165, 1.54) is 7.11 Å². The first kappa shape index (κ1) is 22.9. The molecule has 1 heterocycles. The SMILES string of the molecule is CO[C@@H]1O[C@H](COC(=O)c2ccccc2)[C@H]2C(C)C=CC[C@@]2(OC(=O)c2ccccc2)C1=O. The Morgan fingerprint density at radius 2 is 1.61 bits per heavy atom. The van der Waals surface area contributed by atoms with Crippen molar-refractivity contribution in [3.63, 3.8) is 0 Å². The predicted octanol–water partition coefficient (Wildman–Crippen LogP) is 3.59. The Morgan fingerprint density at radius 3 is 2.21 bits per heavy atom. The molecule has 0 N–H and O–H groups in total. The summed E-state index contributed by atoms with van der Waals surface area (Å²) in [5.74, 6) is -2.30. The molecule has 7 nitrogen and oxygen atoms in total. The molecule has 0 amide bonds. The molecule has 0 aromatic heterocycles. The number of carbonyl (C=O) groups excluding carboxylic acids is 3. The Morgan fingerprint density at radius 1 is 1.00 bits per heavy atom. The van der Waals surface area contributed by atoms with Crippen molar-refractivity contribution in [1.82, 2.24) is 0 Å². The number of benzene rings is 2. The molecule has 0 saturated carbocycles. The van der Waals surface area contributed by atoms with Crippen LogP contribution in [0, 0.1) is 11.8 Å². The first-order valence-electron chi connectivity index (χ1n) is 10.9. The molecule has 0 spiro atoms. The Kier molecular flexibility index (Phi) is 6.72. The molecule has 2 aromatic rings. The second kappa shape index (κ2) is 9.68. The lowest BCUT2D eigenvalue weighted by Crippen LogP contribution is -2.66. The van der Waals surface area contributed by atoms with Crippen LogP contribution in [0.1, 0.15) is 34.1 Å². The number of hydrogen-bond donors (Lipinski definition) is 0. The van der Waals surface area contributed by atoms with Gasteiger partial charge < -0.3 is 18.9 Å². The molecule has 2 aromatic carbocycles. The van der Waals surface area contributed by atoms with Crippen molar-refractivity contribution >= 4 is 17.7 Å². The number of allylic oxidation sites excluding steroid dienone is 1. The number of carbonyl (C=O) groups is 3. The molecule has 33 heavy (non-hydrogen) atoms. The summed E-state index contributed by atoms with van der Waals surface area (Å²) in [6.45, 7) is 1.80. The first-order chi connectivity index (χ1) is 16.0. The van der Waals surface area contributed by atoms with Crippen LogP contribution in [-0.4, -0.2) is 49.4 Å². The van der Waals surface area contributed by atoms with Gasteiger partial charge in [-0.2, -0.15) is 0 Å². The van der Waals surface area contributed by atoms with Crippen molar-refractivity contribution in [2.24, 2.45) is 11.8 Å². The number of Topliss-reactive ketones (excluding diaryl/α,β-unsaturated/α-hetero) is 1. The largest absolute Gasteiger partial charge is 0.459 e. The smallest absolute Gasteiger partial charge is 0.339 e. The van der Waals surface area contributed by atoms with Crippen LogP contribution < -0.4 is 0 Å². The Labute approximate surface area is 192 Å². The van der Waals surface area contributed by atoms with Crippen LogP contribution in [0.5, 0.6) is 0 Å². The summed E-state index contributed by atoms with van der Waals surface area (Å²) in [6.07, 6.45) is 2.01. The average molecular weight is 450 g/mol. The summed E-state index contributed by atoms with van der Waals surface area (Å²) in [6, 6.07) is 17.1. The van der Waals surface area contributed by atoms with E-state index in [0.29, 0.717) is 11.1 Å². The van der Waals surface area contributed by atoms with Gasteiger partial charge in [0.1, 0.15) is 12.7 Å². The van der Waals surface area contributed by atoms with E-state index in [-0.39, 0.29) is 18.9 Å². The molecule has 1 fully saturated rings. The minimum Gasteiger partial charge on any atom is -0.459 e. The Balaban J connectivity index is 1.63. The normalized spacial score (nSPS) is 28.6. The third-order valence-electron chi connectivity index (χ3n) is 6.18. The van der Waals surface area contributed by atoms with Crippen molar-refractivity contribution < 1.29 is 33.3 Å². The van der Waals surface area contributed by atoms with E-state index >= 15 is 0 Å². The van der Waals surface area contributed by atoms with Gasteiger partial charge in [0.25, 0.3) is 0 Å². The predicted molar refractivity (Wildman–Crippen MR) is 118 cm³/mol. The van der Waals surface area contributed by atoms with E-state index in [1.807, 2.05) is 19.1 Å². The first-order valence-corrected chi connectivity index (χ1v) is 10.9. The molecule has 1 aliphatic heterocycles. The molecule has 1 saturated heterocycles. The molecule has 172 valence electrons. The zero-order valence-electron chi connectivity index (χ0n) is 18.5. The van der Waals surface area contributed by atoms with Gasteiger partial charge in [-0.1, -0.05) is 55.5 Å². The molecule has 7 heteroatoms. The van der Waals surface area contributed by atoms with Gasteiger partial charge in [-0.25, -0.2) is 9.59 Å². The minimum absolute atomic E-state index is 0.117. The van der Waals surface area contributed by atoms with Gasteiger partial charge in [-0.3, -0.25) is 4.79 Å². The van der Waals surface area contributed by atoms with Crippen molar-refractivity contribution in [1.29, 1.82) is 0 Å². The van der Waals surface area contributed by atoms with Gasteiger partial charge in [0, 0.05) is 19.4 Å². The molecule has 1 aliphatic carbocycles. The maximum Gasteiger partial charge on any atom is 0.339 e. The third-order valence-corrected chi connectivity index (χ3v) is 6.18. The zero-order chi connectivity index (χ0) is 23.4. The minimum atomic E-state index is -1.50. The van der Waals surface area contributed by atoms with E-state index in [1.54, 1.807) is 60.7 Å². The fraction of sp³-hybridized carbons (Fsp3) is 0.346. The quantitative estimate of drug-likeness (QED) is 0.491. The molecular weight excluding hydrogens is 424 g/mol. The topological polar surface area (TPSA) is 88.1 Å². The maximum atomic E-state index is 13.5. The summed E-state index contributed by atoms with van der Waals surface area (Å²) in [5, 5.41) is 0. The molecule has 5 atom stereocenters. The lowest BCUT2D eigenvalue weighted by atomic mass is 9.66. The molecule has 2 aliphatic rings. The Bertz CT molecular complexity index is 1030. The number of esters is 2. The van der Waals surface area contributed by atoms with Crippen LogP contribution >= 0.6 is 0 Å². The van der Waals surface area contributed by atoms with Crippen LogP contribution in [0.2, 0.25) is 0 Å². The number of ketones is 1. The van der Waals surface area contributed by atoms with Crippen LogP contribution in [0.25, 0.3) is 0 Å². The van der Waals surface area contributed by atoms with Crippen molar-refractivity contribution in [3.05, 3.63) is 83.9 Å². The number of hydrogen-bond acceptors (Lipinski definition) is 7. The fourth-order valence-electron chi connectivity index (χ4n) is 4.63. The third kappa shape index (κ3) is 4.47. The van der Waals surface area contributed by atoms with Gasteiger partial charge in [-0.15, -0.1) is 0 Å². The number of rotatable bonds is 6. The van der Waals surface area contributed by atoms with Crippen LogP contribution in [0.4, 0.5) is 0 Å². The van der Waals surface area contributed by atoms with Crippen LogP contribution in [0.15, 0.2) is 72.8 Å². The molecule has 0 bridgehead atoms. The maximum absolute atomic E-state index is 13.5. The second-order valence-corrected chi connectivity index (χ2v) is 8.23. The summed E-state index contributed by atoms with van der Waals surface area (Å²) < 4.78 is 22.7. The zero-order valence-corrected chi connectivity index (χ0v) is 18.5. The van der Waals surface area contributed by atoms with Crippen molar-refractivity contribution in [3.8, 4) is 0 Å². The van der Waals surface area contributed by atoms with E-state index in [9.17, 15) is 14.4 Å². The second-order valence-electron chi connectivity index (χ2n) is 8.23. The molecule has 4 rings (SSSR count). The van der Waals surface area contributed by atoms with Gasteiger partial charge in [0.2, 0.25) is 12.1 Å². The monoisotopic (exact) mass is 450 g/mol. The number of fused-ring (bicyclic) bond motifs is 1. The lowest BCUT2D eigenvalue weighted by molar-refractivity contribution is -0.246. The van der Waals surface area contributed by atoms with Crippen LogP contribution in [0.3, 0.4) is 0 Å². The van der Waals surface area contributed by atoms with E-state index in [0.717, 1.165) is 0 Å². The number of methoxy groups -OCH3 is 1. The molecular formula is C26H26O7. The summed E-state index contributed by atoms with van der Waals surface area (Å²) in [4.78, 5) is 39.0. The summed E-state index contributed by atoms with van der Waals surface area (Å²) >= 11 is 0. The highest BCUT2D eigenvalue weighted by Gasteiger charge is 2.61. The average Bonchev–Trinajstić information content (AvgIpc) is 2.85. The van der Waals surface area contributed by atoms with Crippen molar-refractivity contribution in [2.45, 2.75) is 31.3 Å². The fourth-order valence-corrected chi connectivity index (χ4v) is 4.63. The van der Waals surface area contributed by atoms with Gasteiger partial charge in [0.15, 0.2) is 5.60 Å². The Hall–Kier alpha value is -3.29. The summed E-state index contributed by atoms with van der Waals surface area (Å²) in [7, 11) is 1.35. The van der Waals surface area contributed by atoms with E-state index in [4.69, 9.17) is 18.9 Å². The highest BCUT2D eigenvalue weighted by molar-refractivity contribution is 5.97. The van der Waals surface area contributed by atoms with Crippen molar-refractivity contribution in [2.75, 3.05) is 13.7 Å². The van der Waals surface area contributed by atoms with Crippen LogP contribution in [-0.2, 0) is 23.7 Å². The van der Waals surface area contributed by atoms with E-state index < -0.39 is 41.6 Å². The lowest BCUT2D eigenvalue weighted by Gasteiger charge is -2.50. The highest BCUT2D eigenvalue weighted by Crippen LogP contribution is 2.45. The molecule has 1 unspecified atom stereocenters. The number of ether oxygens (including phenoxy) is 4. The standard InChI is InChI=1S/C26H26O7/c1-17-10-9-15-26(33-24(29)19-13-7-4-8-14-19)21(17)20(32-25(30-2)22(26)27)16-31-23(28)18-11-5-3-6-12-18/h3-14,17,20-21,25H,15-16H2,1-2H3/t17?,20-,21-,25-,26+/m1/s1. The molecule has 0 radical (unpaired) electrons.